The van der Waals surface area contributed by atoms with Crippen molar-refractivity contribution in [3.8, 4) is 11.8 Å². The lowest BCUT2D eigenvalue weighted by Crippen LogP contribution is -2.48. The molecule has 0 bridgehead atoms. The van der Waals surface area contributed by atoms with Gasteiger partial charge in [0.05, 0.1) is 13.1 Å². The lowest BCUT2D eigenvalue weighted by molar-refractivity contribution is -0.142. The molecule has 0 radical (unpaired) electrons. The molecule has 1 fully saturated rings. The first kappa shape index (κ1) is 24.0. The summed E-state index contributed by atoms with van der Waals surface area (Å²) in [5.41, 5.74) is 4.26. The maximum Gasteiger partial charge on any atom is 0.433 e. The quantitative estimate of drug-likeness (QED) is 0.675. The van der Waals surface area contributed by atoms with Crippen LogP contribution in [0.4, 0.5) is 19.0 Å². The Labute approximate surface area is 194 Å². The average Bonchev–Trinajstić information content (AvgIpc) is 2.79. The molecule has 1 saturated heterocycles. The fourth-order valence-electron chi connectivity index (χ4n) is 4.63. The van der Waals surface area contributed by atoms with E-state index in [9.17, 15) is 22.8 Å². The van der Waals surface area contributed by atoms with Gasteiger partial charge in [0.25, 0.3) is 5.56 Å². The molecule has 1 aliphatic heterocycles. The molecule has 4 rings (SSSR count). The summed E-state index contributed by atoms with van der Waals surface area (Å²) in [6, 6.07) is 1.24. The van der Waals surface area contributed by atoms with Crippen LogP contribution < -0.4 is 21.9 Å². The first-order valence-corrected chi connectivity index (χ1v) is 11.4. The third kappa shape index (κ3) is 4.87. The van der Waals surface area contributed by atoms with Crippen molar-refractivity contribution in [2.24, 2.45) is 5.73 Å². The summed E-state index contributed by atoms with van der Waals surface area (Å²) in [5.74, 6) is 5.78. The number of nitrogens with zero attached hydrogens (tertiary/aromatic N) is 5. The normalized spacial score (nSPS) is 18.3. The minimum absolute atomic E-state index is 0.0372. The maximum absolute atomic E-state index is 13.7. The topological polar surface area (TPSA) is 99.0 Å². The Bertz CT molecular complexity index is 1250. The van der Waals surface area contributed by atoms with E-state index < -0.39 is 29.7 Å². The standard InChI is InChI=1S/C23H27F3N6O2/c1-2-3-11-31-19(30-10-6-7-15(27)13-30)12-20(33)32(22(31)34)14-18-28-17-9-5-4-8-16(17)21(29-18)23(24,25)26/h12,15H,4-11,13-14,27H2,1H3/t15-/m1/s1. The molecule has 11 heteroatoms. The molecule has 2 N–H and O–H groups in total. The van der Waals surface area contributed by atoms with E-state index in [0.717, 1.165) is 23.8 Å². The van der Waals surface area contributed by atoms with Crippen LogP contribution in [0.1, 0.15) is 55.4 Å². The summed E-state index contributed by atoms with van der Waals surface area (Å²) in [5, 5.41) is 0. The molecule has 8 nitrogen and oxygen atoms in total. The van der Waals surface area contributed by atoms with Gasteiger partial charge in [-0.1, -0.05) is 5.92 Å². The molecule has 0 saturated carbocycles. The Morgan fingerprint density at radius 3 is 2.62 bits per heavy atom. The summed E-state index contributed by atoms with van der Waals surface area (Å²) >= 11 is 0. The highest BCUT2D eigenvalue weighted by Crippen LogP contribution is 2.34. The van der Waals surface area contributed by atoms with Crippen molar-refractivity contribution < 1.29 is 13.2 Å². The number of hydrogen-bond acceptors (Lipinski definition) is 6. The molecule has 1 atom stereocenters. The second-order valence-electron chi connectivity index (χ2n) is 8.69. The predicted octanol–water partition coefficient (Wildman–Crippen LogP) is 1.70. The number of halogens is 3. The summed E-state index contributed by atoms with van der Waals surface area (Å²) in [7, 11) is 0. The Morgan fingerprint density at radius 2 is 1.91 bits per heavy atom. The van der Waals surface area contributed by atoms with Crippen LogP contribution in [0.2, 0.25) is 0 Å². The molecule has 0 aromatic carbocycles. The molecule has 1 aliphatic carbocycles. The monoisotopic (exact) mass is 476 g/mol. The number of rotatable bonds is 4. The number of anilines is 1. The number of nitrogens with two attached hydrogens (primary N) is 1. The van der Waals surface area contributed by atoms with E-state index in [0.29, 0.717) is 37.4 Å². The van der Waals surface area contributed by atoms with Crippen LogP contribution >= 0.6 is 0 Å². The SMILES string of the molecule is CC#CCn1c(N2CCC[C@@H](N)C2)cc(=O)n(Cc2nc3c(c(C(F)(F)F)n2)CCCC3)c1=O. The second-order valence-corrected chi connectivity index (χ2v) is 8.69. The molecular formula is C23H27F3N6O2. The fraction of sp³-hybridized carbons (Fsp3) is 0.565. The van der Waals surface area contributed by atoms with E-state index in [1.165, 1.54) is 10.6 Å². The van der Waals surface area contributed by atoms with Crippen molar-refractivity contribution >= 4 is 5.82 Å². The predicted molar refractivity (Wildman–Crippen MR) is 121 cm³/mol. The van der Waals surface area contributed by atoms with Gasteiger partial charge in [-0.2, -0.15) is 13.2 Å². The van der Waals surface area contributed by atoms with Crippen molar-refractivity contribution in [1.82, 2.24) is 19.1 Å². The van der Waals surface area contributed by atoms with Crippen LogP contribution in [-0.2, 0) is 32.1 Å². The minimum Gasteiger partial charge on any atom is -0.356 e. The van der Waals surface area contributed by atoms with E-state index in [1.807, 2.05) is 4.90 Å². The van der Waals surface area contributed by atoms with Crippen molar-refractivity contribution in [3.63, 3.8) is 0 Å². The second kappa shape index (κ2) is 9.62. The molecule has 0 unspecified atom stereocenters. The third-order valence-corrected chi connectivity index (χ3v) is 6.25. The van der Waals surface area contributed by atoms with Crippen LogP contribution in [0.15, 0.2) is 15.7 Å². The first-order chi connectivity index (χ1) is 16.2. The summed E-state index contributed by atoms with van der Waals surface area (Å²) < 4.78 is 43.3. The zero-order valence-corrected chi connectivity index (χ0v) is 19.0. The number of fused-ring (bicyclic) bond motifs is 1. The summed E-state index contributed by atoms with van der Waals surface area (Å²) in [4.78, 5) is 36.2. The number of hydrogen-bond donors (Lipinski definition) is 1. The van der Waals surface area contributed by atoms with Crippen LogP contribution in [0.5, 0.6) is 0 Å². The highest BCUT2D eigenvalue weighted by atomic mass is 19.4. The van der Waals surface area contributed by atoms with Gasteiger partial charge in [0.15, 0.2) is 5.69 Å². The first-order valence-electron chi connectivity index (χ1n) is 11.4. The van der Waals surface area contributed by atoms with Gasteiger partial charge in [0.2, 0.25) is 0 Å². The van der Waals surface area contributed by atoms with E-state index in [4.69, 9.17) is 5.73 Å². The fourth-order valence-corrected chi connectivity index (χ4v) is 4.63. The molecule has 2 aliphatic rings. The van der Waals surface area contributed by atoms with E-state index in [2.05, 4.69) is 21.8 Å². The van der Waals surface area contributed by atoms with E-state index in [1.54, 1.807) is 6.92 Å². The van der Waals surface area contributed by atoms with Crippen molar-refractivity contribution in [1.29, 1.82) is 0 Å². The zero-order valence-electron chi connectivity index (χ0n) is 19.0. The van der Waals surface area contributed by atoms with Crippen molar-refractivity contribution in [2.45, 2.75) is 70.8 Å². The molecule has 3 heterocycles. The molecule has 34 heavy (non-hydrogen) atoms. The molecule has 2 aromatic heterocycles. The van der Waals surface area contributed by atoms with Crippen molar-refractivity contribution in [2.75, 3.05) is 18.0 Å². The zero-order chi connectivity index (χ0) is 24.5. The number of piperidine rings is 1. The average molecular weight is 477 g/mol. The number of aryl methyl sites for hydroxylation is 1. The maximum atomic E-state index is 13.7. The van der Waals surface area contributed by atoms with Crippen molar-refractivity contribution in [3.05, 3.63) is 49.7 Å². The van der Waals surface area contributed by atoms with Crippen LogP contribution in [0, 0.1) is 11.8 Å². The van der Waals surface area contributed by atoms with Gasteiger partial charge < -0.3 is 10.6 Å². The van der Waals surface area contributed by atoms with E-state index in [-0.39, 0.29) is 30.4 Å². The Hall–Kier alpha value is -3.13. The summed E-state index contributed by atoms with van der Waals surface area (Å²) in [6.07, 6.45) is -0.922. The molecule has 0 amide bonds. The largest absolute Gasteiger partial charge is 0.433 e. The number of alkyl halides is 3. The molecule has 2 aromatic rings. The van der Waals surface area contributed by atoms with Crippen LogP contribution in [0.25, 0.3) is 0 Å². The van der Waals surface area contributed by atoms with Gasteiger partial charge >= 0.3 is 11.9 Å². The Kier molecular flexibility index (Phi) is 6.79. The van der Waals surface area contributed by atoms with Crippen LogP contribution in [-0.4, -0.2) is 38.2 Å². The molecule has 182 valence electrons. The van der Waals surface area contributed by atoms with Gasteiger partial charge in [-0.25, -0.2) is 14.8 Å². The molecule has 0 spiro atoms. The minimum atomic E-state index is -4.64. The Balaban J connectivity index is 1.79. The molecular weight excluding hydrogens is 449 g/mol. The Morgan fingerprint density at radius 1 is 1.15 bits per heavy atom. The highest BCUT2D eigenvalue weighted by Gasteiger charge is 2.38. The lowest BCUT2D eigenvalue weighted by atomic mass is 9.94. The smallest absolute Gasteiger partial charge is 0.356 e. The van der Waals surface area contributed by atoms with Gasteiger partial charge in [-0.05, 0) is 45.4 Å². The van der Waals surface area contributed by atoms with Crippen LogP contribution in [0.3, 0.4) is 0 Å². The van der Waals surface area contributed by atoms with E-state index >= 15 is 0 Å². The van der Waals surface area contributed by atoms with Gasteiger partial charge in [0, 0.05) is 36.5 Å². The van der Waals surface area contributed by atoms with Gasteiger partial charge in [-0.15, -0.1) is 5.92 Å². The highest BCUT2D eigenvalue weighted by molar-refractivity contribution is 5.40. The van der Waals surface area contributed by atoms with Gasteiger partial charge in [0.1, 0.15) is 11.6 Å². The third-order valence-electron chi connectivity index (χ3n) is 6.25. The van der Waals surface area contributed by atoms with Gasteiger partial charge in [-0.3, -0.25) is 13.9 Å². The lowest BCUT2D eigenvalue weighted by Gasteiger charge is -2.33. The number of aromatic nitrogens is 4. The summed E-state index contributed by atoms with van der Waals surface area (Å²) in [6.45, 7) is 2.35.